The molecule has 30 heavy (non-hydrogen) atoms. The van der Waals surface area contributed by atoms with E-state index in [0.717, 1.165) is 18.7 Å². The normalized spacial score (nSPS) is 22.1. The van der Waals surface area contributed by atoms with Crippen molar-refractivity contribution in [2.75, 3.05) is 25.1 Å². The monoisotopic (exact) mass is 444 g/mol. The lowest BCUT2D eigenvalue weighted by Crippen LogP contribution is -2.54. The second kappa shape index (κ2) is 8.01. The van der Waals surface area contributed by atoms with Crippen LogP contribution in [-0.2, 0) is 4.79 Å². The molecule has 6 nitrogen and oxygen atoms in total. The molecule has 2 atom stereocenters. The van der Waals surface area contributed by atoms with E-state index in [0.29, 0.717) is 29.6 Å². The lowest BCUT2D eigenvalue weighted by atomic mass is 9.85. The molecule has 1 saturated carbocycles. The molecule has 1 aromatic heterocycles. The fourth-order valence-corrected chi connectivity index (χ4v) is 4.48. The number of hydrogen-bond donors (Lipinski definition) is 1. The van der Waals surface area contributed by atoms with Crippen LogP contribution >= 0.6 is 11.5 Å². The number of benzene rings is 1. The molecule has 1 aromatic carbocycles. The lowest BCUT2D eigenvalue weighted by Gasteiger charge is -2.39. The number of halogens is 4. The highest BCUT2D eigenvalue weighted by Crippen LogP contribution is 2.40. The van der Waals surface area contributed by atoms with Crippen molar-refractivity contribution >= 4 is 22.6 Å². The van der Waals surface area contributed by atoms with Gasteiger partial charge < -0.3 is 15.0 Å². The van der Waals surface area contributed by atoms with Crippen LogP contribution in [0.5, 0.6) is 5.75 Å². The Balaban J connectivity index is 1.57. The van der Waals surface area contributed by atoms with E-state index in [9.17, 15) is 22.4 Å². The number of nitrogens with one attached hydrogen (secondary N) is 1. The summed E-state index contributed by atoms with van der Waals surface area (Å²) in [6, 6.07) is 3.44. The highest BCUT2D eigenvalue weighted by atomic mass is 32.1. The van der Waals surface area contributed by atoms with Crippen LogP contribution in [0.2, 0.25) is 0 Å². The maximum atomic E-state index is 14.2. The fourth-order valence-electron chi connectivity index (χ4n) is 3.70. The standard InChI is InChI=1S/C19H20F4N4O2S/c1-29-15-5-4-11(8-13(15)20)12-6-7-27(9-14(12)24-17(28)19(21,22)23)18-25-16(26-30-18)10-2-3-10/h4-5,8,10,12,14H,2-3,6-7,9H2,1H3,(H,24,28). The minimum atomic E-state index is -5.00. The Bertz CT molecular complexity index is 931. The van der Waals surface area contributed by atoms with Crippen molar-refractivity contribution in [3.63, 3.8) is 0 Å². The van der Waals surface area contributed by atoms with Gasteiger partial charge in [-0.3, -0.25) is 4.79 Å². The molecule has 1 amide bonds. The summed E-state index contributed by atoms with van der Waals surface area (Å²) in [5.74, 6) is -1.90. The van der Waals surface area contributed by atoms with Crippen molar-refractivity contribution in [1.29, 1.82) is 0 Å². The summed E-state index contributed by atoms with van der Waals surface area (Å²) in [6.45, 7) is 0.634. The number of nitrogens with zero attached hydrogens (tertiary/aromatic N) is 3. The molecule has 0 spiro atoms. The lowest BCUT2D eigenvalue weighted by molar-refractivity contribution is -0.174. The SMILES string of the molecule is COc1ccc(C2CCN(c3nc(C4CC4)ns3)CC2NC(=O)C(F)(F)F)cc1F. The number of hydrogen-bond acceptors (Lipinski definition) is 6. The molecule has 2 unspecified atom stereocenters. The zero-order chi connectivity index (χ0) is 21.5. The van der Waals surface area contributed by atoms with Gasteiger partial charge in [-0.05, 0) is 37.0 Å². The Morgan fingerprint density at radius 1 is 1.30 bits per heavy atom. The van der Waals surface area contributed by atoms with Gasteiger partial charge in [0.2, 0.25) is 5.13 Å². The molecule has 1 N–H and O–H groups in total. The van der Waals surface area contributed by atoms with Gasteiger partial charge in [0, 0.05) is 36.5 Å². The molecule has 2 heterocycles. The summed E-state index contributed by atoms with van der Waals surface area (Å²) in [4.78, 5) is 18.0. The maximum absolute atomic E-state index is 14.2. The van der Waals surface area contributed by atoms with Crippen molar-refractivity contribution in [2.45, 2.75) is 43.3 Å². The molecule has 1 saturated heterocycles. The molecule has 0 radical (unpaired) electrons. The third-order valence-electron chi connectivity index (χ3n) is 5.43. The van der Waals surface area contributed by atoms with Crippen molar-refractivity contribution in [1.82, 2.24) is 14.7 Å². The molecule has 11 heteroatoms. The van der Waals surface area contributed by atoms with Crippen molar-refractivity contribution in [2.24, 2.45) is 0 Å². The number of ether oxygens (including phenoxy) is 1. The zero-order valence-electron chi connectivity index (χ0n) is 16.1. The van der Waals surface area contributed by atoms with Crippen LogP contribution < -0.4 is 15.0 Å². The summed E-state index contributed by atoms with van der Waals surface area (Å²) in [5.41, 5.74) is 0.511. The number of methoxy groups -OCH3 is 1. The number of aromatic nitrogens is 2. The van der Waals surface area contributed by atoms with Crippen LogP contribution in [-0.4, -0.2) is 47.7 Å². The topological polar surface area (TPSA) is 67.3 Å². The summed E-state index contributed by atoms with van der Waals surface area (Å²) in [5, 5.41) is 2.72. The van der Waals surface area contributed by atoms with E-state index in [1.54, 1.807) is 6.07 Å². The average molecular weight is 444 g/mol. The molecular weight excluding hydrogens is 424 g/mol. The first-order chi connectivity index (χ1) is 14.3. The second-order valence-electron chi connectivity index (χ2n) is 7.52. The molecule has 1 aliphatic heterocycles. The highest BCUT2D eigenvalue weighted by Gasteiger charge is 2.42. The first-order valence-corrected chi connectivity index (χ1v) is 10.3. The molecule has 1 aliphatic carbocycles. The maximum Gasteiger partial charge on any atom is 0.471 e. The van der Waals surface area contributed by atoms with E-state index in [1.165, 1.54) is 30.8 Å². The average Bonchev–Trinajstić information content (AvgIpc) is 3.44. The first-order valence-electron chi connectivity index (χ1n) is 9.56. The van der Waals surface area contributed by atoms with E-state index >= 15 is 0 Å². The van der Waals surface area contributed by atoms with E-state index in [1.807, 2.05) is 4.90 Å². The fraction of sp³-hybridized carbons (Fsp3) is 0.526. The Labute approximate surface area is 174 Å². The number of carbonyl (C=O) groups excluding carboxylic acids is 1. The van der Waals surface area contributed by atoms with Crippen LogP contribution in [0.25, 0.3) is 0 Å². The molecular formula is C19H20F4N4O2S. The van der Waals surface area contributed by atoms with Crippen molar-refractivity contribution < 1.29 is 27.1 Å². The summed E-state index contributed by atoms with van der Waals surface area (Å²) in [7, 11) is 1.33. The van der Waals surface area contributed by atoms with Crippen molar-refractivity contribution in [3.05, 3.63) is 35.4 Å². The quantitative estimate of drug-likeness (QED) is 0.714. The van der Waals surface area contributed by atoms with Gasteiger partial charge >= 0.3 is 12.1 Å². The molecule has 162 valence electrons. The van der Waals surface area contributed by atoms with Gasteiger partial charge in [-0.25, -0.2) is 9.37 Å². The number of amides is 1. The largest absolute Gasteiger partial charge is 0.494 e. The Hall–Kier alpha value is -2.43. The highest BCUT2D eigenvalue weighted by molar-refractivity contribution is 7.09. The van der Waals surface area contributed by atoms with Crippen LogP contribution in [0.1, 0.15) is 42.5 Å². The molecule has 2 aliphatic rings. The Kier molecular flexibility index (Phi) is 5.56. The van der Waals surface area contributed by atoms with Gasteiger partial charge in [-0.2, -0.15) is 17.5 Å². The van der Waals surface area contributed by atoms with Gasteiger partial charge in [-0.1, -0.05) is 6.07 Å². The van der Waals surface area contributed by atoms with Gasteiger partial charge in [0.15, 0.2) is 11.6 Å². The first kappa shape index (κ1) is 20.8. The van der Waals surface area contributed by atoms with Crippen LogP contribution in [0, 0.1) is 5.82 Å². The third kappa shape index (κ3) is 4.35. The third-order valence-corrected chi connectivity index (χ3v) is 6.23. The smallest absolute Gasteiger partial charge is 0.471 e. The predicted molar refractivity (Wildman–Crippen MR) is 102 cm³/mol. The van der Waals surface area contributed by atoms with E-state index in [-0.39, 0.29) is 12.3 Å². The minimum absolute atomic E-state index is 0.0496. The summed E-state index contributed by atoms with van der Waals surface area (Å²) >= 11 is 1.21. The van der Waals surface area contributed by atoms with Gasteiger partial charge in [0.1, 0.15) is 5.82 Å². The van der Waals surface area contributed by atoms with E-state index in [4.69, 9.17) is 4.74 Å². The minimum Gasteiger partial charge on any atom is -0.494 e. The molecule has 0 bridgehead atoms. The van der Waals surface area contributed by atoms with E-state index in [2.05, 4.69) is 14.7 Å². The number of carbonyl (C=O) groups is 1. The van der Waals surface area contributed by atoms with Gasteiger partial charge in [0.05, 0.1) is 13.2 Å². The number of anilines is 1. The van der Waals surface area contributed by atoms with Crippen LogP contribution in [0.3, 0.4) is 0 Å². The molecule has 4 rings (SSSR count). The van der Waals surface area contributed by atoms with E-state index < -0.39 is 29.9 Å². The van der Waals surface area contributed by atoms with Crippen LogP contribution in [0.4, 0.5) is 22.7 Å². The summed E-state index contributed by atoms with van der Waals surface area (Å²) in [6.07, 6.45) is -2.48. The Morgan fingerprint density at radius 3 is 2.70 bits per heavy atom. The van der Waals surface area contributed by atoms with Gasteiger partial charge in [0.25, 0.3) is 0 Å². The number of alkyl halides is 3. The summed E-state index contributed by atoms with van der Waals surface area (Å²) < 4.78 is 62.1. The van der Waals surface area contributed by atoms with Crippen LogP contribution in [0.15, 0.2) is 18.2 Å². The zero-order valence-corrected chi connectivity index (χ0v) is 16.9. The van der Waals surface area contributed by atoms with Crippen molar-refractivity contribution in [3.8, 4) is 5.75 Å². The number of rotatable bonds is 5. The number of piperidine rings is 1. The molecule has 2 fully saturated rings. The predicted octanol–water partition coefficient (Wildman–Crippen LogP) is 3.60. The molecule has 2 aromatic rings. The Morgan fingerprint density at radius 2 is 2.07 bits per heavy atom. The van der Waals surface area contributed by atoms with Gasteiger partial charge in [-0.15, -0.1) is 0 Å². The second-order valence-corrected chi connectivity index (χ2v) is 8.25.